The van der Waals surface area contributed by atoms with Crippen molar-refractivity contribution in [1.29, 1.82) is 0 Å². The highest BCUT2D eigenvalue weighted by Gasteiger charge is 2.50. The molecule has 1 fully saturated rings. The lowest BCUT2D eigenvalue weighted by Crippen LogP contribution is -2.46. The van der Waals surface area contributed by atoms with E-state index in [9.17, 15) is 18.8 Å². The number of carbonyl (C=O) groups excluding carboxylic acids is 3. The number of likely N-dealkylation sites (tertiary alicyclic amines) is 1. The first-order valence-electron chi connectivity index (χ1n) is 7.58. The normalized spacial score (nSPS) is 24.5. The average molecular weight is 316 g/mol. The molecule has 0 radical (unpaired) electrons. The Morgan fingerprint density at radius 3 is 2.30 bits per heavy atom. The van der Waals surface area contributed by atoms with Crippen molar-refractivity contribution < 1.29 is 18.8 Å². The smallest absolute Gasteiger partial charge is 0.247 e. The van der Waals surface area contributed by atoms with Gasteiger partial charge in [0.1, 0.15) is 11.9 Å². The molecule has 1 aliphatic heterocycles. The Labute approximate surface area is 133 Å². The van der Waals surface area contributed by atoms with Gasteiger partial charge in [0.15, 0.2) is 0 Å². The van der Waals surface area contributed by atoms with Crippen LogP contribution in [0.1, 0.15) is 19.8 Å². The van der Waals surface area contributed by atoms with Crippen LogP contribution in [0.4, 0.5) is 10.1 Å². The van der Waals surface area contributed by atoms with Crippen LogP contribution in [-0.2, 0) is 14.4 Å². The molecule has 1 N–H and O–H groups in total. The molecule has 1 aromatic carbocycles. The van der Waals surface area contributed by atoms with Crippen LogP contribution < -0.4 is 5.32 Å². The number of halogens is 1. The molecule has 3 atom stereocenters. The van der Waals surface area contributed by atoms with Crippen molar-refractivity contribution in [2.24, 2.45) is 11.8 Å². The van der Waals surface area contributed by atoms with E-state index in [1.165, 1.54) is 25.1 Å². The number of amides is 3. The number of fused-ring (bicyclic) bond motifs is 1. The van der Waals surface area contributed by atoms with Crippen LogP contribution in [0.3, 0.4) is 0 Å². The van der Waals surface area contributed by atoms with Gasteiger partial charge in [0.25, 0.3) is 0 Å². The van der Waals surface area contributed by atoms with E-state index in [2.05, 4.69) is 5.32 Å². The molecule has 0 unspecified atom stereocenters. The summed E-state index contributed by atoms with van der Waals surface area (Å²) in [5.41, 5.74) is 0.0301. The van der Waals surface area contributed by atoms with Crippen LogP contribution in [0.5, 0.6) is 0 Å². The predicted octanol–water partition coefficient (Wildman–Crippen LogP) is 2.10. The van der Waals surface area contributed by atoms with E-state index in [1.54, 1.807) is 6.07 Å². The zero-order valence-corrected chi connectivity index (χ0v) is 12.7. The summed E-state index contributed by atoms with van der Waals surface area (Å²) in [6, 6.07) is 4.79. The Balaban J connectivity index is 1.76. The second-order valence-electron chi connectivity index (χ2n) is 5.85. The summed E-state index contributed by atoms with van der Waals surface area (Å²) in [6.07, 6.45) is 4.82. The van der Waals surface area contributed by atoms with Gasteiger partial charge in [-0.3, -0.25) is 19.3 Å². The fourth-order valence-corrected chi connectivity index (χ4v) is 3.12. The van der Waals surface area contributed by atoms with Crippen LogP contribution in [-0.4, -0.2) is 28.7 Å². The molecular weight excluding hydrogens is 299 g/mol. The minimum Gasteiger partial charge on any atom is -0.322 e. The third-order valence-corrected chi connectivity index (χ3v) is 4.44. The van der Waals surface area contributed by atoms with E-state index >= 15 is 0 Å². The Morgan fingerprint density at radius 1 is 1.17 bits per heavy atom. The molecule has 2 aliphatic rings. The van der Waals surface area contributed by atoms with E-state index < -0.39 is 17.8 Å². The Bertz CT molecular complexity index is 675. The molecule has 0 bridgehead atoms. The van der Waals surface area contributed by atoms with Gasteiger partial charge in [-0.25, -0.2) is 4.39 Å². The molecule has 0 saturated carbocycles. The van der Waals surface area contributed by atoms with Crippen molar-refractivity contribution >= 4 is 23.4 Å². The number of para-hydroxylation sites is 1. The molecule has 120 valence electrons. The van der Waals surface area contributed by atoms with Crippen molar-refractivity contribution in [2.75, 3.05) is 5.32 Å². The van der Waals surface area contributed by atoms with Gasteiger partial charge in [-0.2, -0.15) is 0 Å². The fourth-order valence-electron chi connectivity index (χ4n) is 3.12. The summed E-state index contributed by atoms with van der Waals surface area (Å²) in [5, 5.41) is 2.43. The number of rotatable bonds is 3. The topological polar surface area (TPSA) is 66.5 Å². The first-order valence-corrected chi connectivity index (χ1v) is 7.58. The van der Waals surface area contributed by atoms with Gasteiger partial charge in [-0.15, -0.1) is 0 Å². The second-order valence-corrected chi connectivity index (χ2v) is 5.85. The van der Waals surface area contributed by atoms with Crippen molar-refractivity contribution in [2.45, 2.75) is 25.8 Å². The molecular formula is C17H17FN2O3. The summed E-state index contributed by atoms with van der Waals surface area (Å²) < 4.78 is 13.6. The lowest BCUT2D eigenvalue weighted by atomic mass is 9.85. The van der Waals surface area contributed by atoms with Crippen LogP contribution in [0.2, 0.25) is 0 Å². The molecule has 1 heterocycles. The number of hydrogen-bond donors (Lipinski definition) is 1. The Hall–Kier alpha value is -2.50. The summed E-state index contributed by atoms with van der Waals surface area (Å²) in [5.74, 6) is -2.54. The van der Waals surface area contributed by atoms with E-state index in [-0.39, 0.29) is 29.3 Å². The number of nitrogens with one attached hydrogen (secondary N) is 1. The SMILES string of the molecule is C[C@@H](C(=O)Nc1ccccc1F)N1C(=O)[C@H]2CC=CC[C@@H]2C1=O. The van der Waals surface area contributed by atoms with Gasteiger partial charge < -0.3 is 5.32 Å². The predicted molar refractivity (Wildman–Crippen MR) is 81.7 cm³/mol. The second kappa shape index (κ2) is 5.95. The summed E-state index contributed by atoms with van der Waals surface area (Å²) in [7, 11) is 0. The molecule has 3 amide bonds. The highest BCUT2D eigenvalue weighted by Crippen LogP contribution is 2.36. The molecule has 1 aromatic rings. The molecule has 1 aliphatic carbocycles. The maximum absolute atomic E-state index is 13.6. The maximum atomic E-state index is 13.6. The molecule has 6 heteroatoms. The van der Waals surface area contributed by atoms with Gasteiger partial charge in [-0.1, -0.05) is 24.3 Å². The lowest BCUT2D eigenvalue weighted by molar-refractivity contribution is -0.146. The summed E-state index contributed by atoms with van der Waals surface area (Å²) in [4.78, 5) is 38.2. The van der Waals surface area contributed by atoms with E-state index in [0.717, 1.165) is 4.90 Å². The average Bonchev–Trinajstić information content (AvgIpc) is 2.81. The van der Waals surface area contributed by atoms with Gasteiger partial charge in [0, 0.05) is 0 Å². The highest BCUT2D eigenvalue weighted by atomic mass is 19.1. The standard InChI is InChI=1S/C17H17FN2O3/c1-10(15(21)19-14-9-5-4-8-13(14)18)20-16(22)11-6-2-3-7-12(11)17(20)23/h2-5,8-12H,6-7H2,1H3,(H,19,21)/t10-,11-,12-/m0/s1. The third-order valence-electron chi connectivity index (χ3n) is 4.44. The quantitative estimate of drug-likeness (QED) is 0.686. The van der Waals surface area contributed by atoms with Crippen LogP contribution in [0.15, 0.2) is 36.4 Å². The third kappa shape index (κ3) is 2.65. The number of hydrogen-bond acceptors (Lipinski definition) is 3. The van der Waals surface area contributed by atoms with Crippen LogP contribution >= 0.6 is 0 Å². The Morgan fingerprint density at radius 2 is 1.74 bits per heavy atom. The fraction of sp³-hybridized carbons (Fsp3) is 0.353. The van der Waals surface area contributed by atoms with Crippen molar-refractivity contribution in [3.05, 3.63) is 42.2 Å². The molecule has 5 nitrogen and oxygen atoms in total. The minimum absolute atomic E-state index is 0.0301. The molecule has 1 saturated heterocycles. The minimum atomic E-state index is -0.972. The molecule has 0 aromatic heterocycles. The van der Waals surface area contributed by atoms with Gasteiger partial charge in [0.2, 0.25) is 17.7 Å². The molecule has 3 rings (SSSR count). The number of anilines is 1. The van der Waals surface area contributed by atoms with Crippen LogP contribution in [0, 0.1) is 17.7 Å². The van der Waals surface area contributed by atoms with Crippen molar-refractivity contribution in [3.63, 3.8) is 0 Å². The number of allylic oxidation sites excluding steroid dienone is 2. The van der Waals surface area contributed by atoms with Gasteiger partial charge in [0.05, 0.1) is 17.5 Å². The zero-order chi connectivity index (χ0) is 16.6. The lowest BCUT2D eigenvalue weighted by Gasteiger charge is -2.22. The van der Waals surface area contributed by atoms with Crippen molar-refractivity contribution in [1.82, 2.24) is 4.90 Å². The monoisotopic (exact) mass is 316 g/mol. The van der Waals surface area contributed by atoms with E-state index in [4.69, 9.17) is 0 Å². The number of carbonyl (C=O) groups is 3. The van der Waals surface area contributed by atoms with Gasteiger partial charge >= 0.3 is 0 Å². The molecule has 0 spiro atoms. The summed E-state index contributed by atoms with van der Waals surface area (Å²) in [6.45, 7) is 1.48. The van der Waals surface area contributed by atoms with Gasteiger partial charge in [-0.05, 0) is 31.9 Å². The molecule has 23 heavy (non-hydrogen) atoms. The first kappa shape index (κ1) is 15.4. The highest BCUT2D eigenvalue weighted by molar-refractivity contribution is 6.10. The number of benzene rings is 1. The zero-order valence-electron chi connectivity index (χ0n) is 12.7. The largest absolute Gasteiger partial charge is 0.322 e. The first-order chi connectivity index (χ1) is 11.0. The van der Waals surface area contributed by atoms with Crippen molar-refractivity contribution in [3.8, 4) is 0 Å². The number of imide groups is 1. The van der Waals surface area contributed by atoms with E-state index in [1.807, 2.05) is 12.2 Å². The van der Waals surface area contributed by atoms with Crippen LogP contribution in [0.25, 0.3) is 0 Å². The Kier molecular flexibility index (Phi) is 3.98. The maximum Gasteiger partial charge on any atom is 0.247 e. The van der Waals surface area contributed by atoms with E-state index in [0.29, 0.717) is 12.8 Å². The number of nitrogens with zero attached hydrogens (tertiary/aromatic N) is 1. The summed E-state index contributed by atoms with van der Waals surface area (Å²) >= 11 is 0.